The van der Waals surface area contributed by atoms with Gasteiger partial charge in [-0.25, -0.2) is 0 Å². The molecule has 0 amide bonds. The molecule has 7 aromatic carbocycles. The van der Waals surface area contributed by atoms with Crippen LogP contribution in [-0.4, -0.2) is 4.98 Å². The van der Waals surface area contributed by atoms with Gasteiger partial charge in [-0.15, -0.1) is 35.4 Å². The van der Waals surface area contributed by atoms with E-state index in [0.29, 0.717) is 0 Å². The van der Waals surface area contributed by atoms with E-state index in [1.807, 2.05) is 18.3 Å². The first-order valence-electron chi connectivity index (χ1n) is 17.5. The van der Waals surface area contributed by atoms with Crippen LogP contribution in [0.5, 0.6) is 0 Å². The normalized spacial score (nSPS) is 11.1. The summed E-state index contributed by atoms with van der Waals surface area (Å²) in [4.78, 5) is 4.78. The molecule has 8 aromatic rings. The number of hydrogen-bond donors (Lipinski definition) is 0. The van der Waals surface area contributed by atoms with Crippen LogP contribution in [-0.2, 0) is 25.5 Å². The minimum Gasteiger partial charge on any atom is -0.304 e. The van der Waals surface area contributed by atoms with Gasteiger partial charge in [0.1, 0.15) is 0 Å². The molecule has 1 aromatic heterocycles. The molecule has 0 fully saturated rings. The summed E-state index contributed by atoms with van der Waals surface area (Å²) in [6.07, 6.45) is 1.94. The summed E-state index contributed by atoms with van der Waals surface area (Å²) in [5.41, 5.74) is 16.2. The predicted molar refractivity (Wildman–Crippen MR) is 214 cm³/mol. The smallest absolute Gasteiger partial charge is 0.0239 e. The maximum Gasteiger partial charge on any atom is 0.0239 e. The number of benzene rings is 7. The number of hydrogen-bond acceptors (Lipinski definition) is 1. The summed E-state index contributed by atoms with van der Waals surface area (Å²) in [5.74, 6) is 0. The Morgan fingerprint density at radius 1 is 0.385 bits per heavy atom. The van der Waals surface area contributed by atoms with Crippen LogP contribution in [0.2, 0.25) is 0 Å². The molecule has 0 atom stereocenters. The molecule has 0 aliphatic rings. The maximum absolute atomic E-state index is 4.78. The van der Waals surface area contributed by atoms with Crippen molar-refractivity contribution < 1.29 is 20.1 Å². The quantitative estimate of drug-likeness (QED) is 0.139. The average Bonchev–Trinajstić information content (AvgIpc) is 3.22. The zero-order valence-corrected chi connectivity index (χ0v) is 31.7. The molecule has 0 unspecified atom stereocenters. The van der Waals surface area contributed by atoms with Gasteiger partial charge in [-0.1, -0.05) is 166 Å². The Morgan fingerprint density at radius 3 is 1.33 bits per heavy atom. The van der Waals surface area contributed by atoms with Crippen molar-refractivity contribution in [3.05, 3.63) is 211 Å². The molecule has 0 aliphatic heterocycles. The predicted octanol–water partition coefficient (Wildman–Crippen LogP) is 13.2. The van der Waals surface area contributed by atoms with Gasteiger partial charge in [0.15, 0.2) is 0 Å². The molecule has 0 aliphatic carbocycles. The summed E-state index contributed by atoms with van der Waals surface area (Å²) >= 11 is 0. The molecule has 0 saturated carbocycles. The van der Waals surface area contributed by atoms with Crippen molar-refractivity contribution in [1.29, 1.82) is 0 Å². The van der Waals surface area contributed by atoms with Crippen molar-refractivity contribution in [1.82, 2.24) is 4.98 Å². The van der Waals surface area contributed by atoms with Crippen molar-refractivity contribution in [3.63, 3.8) is 0 Å². The fourth-order valence-corrected chi connectivity index (χ4v) is 6.88. The largest absolute Gasteiger partial charge is 0.304 e. The summed E-state index contributed by atoms with van der Waals surface area (Å²) in [7, 11) is 0. The van der Waals surface area contributed by atoms with Crippen LogP contribution in [0.4, 0.5) is 0 Å². The van der Waals surface area contributed by atoms with Crippen LogP contribution in [0, 0.1) is 6.07 Å². The Morgan fingerprint density at radius 2 is 0.808 bits per heavy atom. The first-order valence-corrected chi connectivity index (χ1v) is 17.5. The first kappa shape index (κ1) is 34.8. The van der Waals surface area contributed by atoms with Crippen LogP contribution in [0.1, 0.15) is 25.0 Å². The van der Waals surface area contributed by atoms with Crippen molar-refractivity contribution >= 4 is 0 Å². The zero-order valence-electron chi connectivity index (χ0n) is 29.3. The third kappa shape index (κ3) is 7.36. The molecule has 2 heteroatoms. The van der Waals surface area contributed by atoms with Gasteiger partial charge < -0.3 is 4.98 Å². The molecule has 0 N–H and O–H groups in total. The summed E-state index contributed by atoms with van der Waals surface area (Å²) in [6.45, 7) is 4.58. The molecule has 0 spiro atoms. The molecule has 1 heterocycles. The Kier molecular flexibility index (Phi) is 10.2. The monoisotopic (exact) mass is 845 g/mol. The molecule has 0 bridgehead atoms. The second-order valence-corrected chi connectivity index (χ2v) is 13.6. The van der Waals surface area contributed by atoms with Gasteiger partial charge in [-0.05, 0) is 85.1 Å². The van der Waals surface area contributed by atoms with Gasteiger partial charge in [0.25, 0.3) is 0 Å². The SMILES string of the molecule is CC(C)(c1ccccc1)c1ccc(-c2cccc(-c3cccc(-c4cccc(-c5cc[c-]c(-c6ccc(-c7ccccc7)cn6)c5)c4)c3)c2)cc1.[Ir]. The maximum atomic E-state index is 4.78. The Labute approximate surface area is 321 Å². The topological polar surface area (TPSA) is 12.9 Å². The van der Waals surface area contributed by atoms with E-state index in [1.165, 1.54) is 44.5 Å². The van der Waals surface area contributed by atoms with Crippen LogP contribution < -0.4 is 0 Å². The molecule has 1 radical (unpaired) electrons. The average molecular weight is 845 g/mol. The second-order valence-electron chi connectivity index (χ2n) is 13.6. The fourth-order valence-electron chi connectivity index (χ4n) is 6.88. The van der Waals surface area contributed by atoms with Crippen molar-refractivity contribution in [2.45, 2.75) is 19.3 Å². The molecular weight excluding hydrogens is 807 g/mol. The minimum absolute atomic E-state index is 0. The number of pyridine rings is 1. The van der Waals surface area contributed by atoms with Crippen LogP contribution in [0.25, 0.3) is 66.9 Å². The molecule has 8 rings (SSSR count). The van der Waals surface area contributed by atoms with Crippen molar-refractivity contribution in [2.75, 3.05) is 0 Å². The number of nitrogens with zero attached hydrogens (tertiary/aromatic N) is 1. The van der Waals surface area contributed by atoms with Crippen LogP contribution >= 0.6 is 0 Å². The molecule has 253 valence electrons. The fraction of sp³-hybridized carbons (Fsp3) is 0.0600. The second kappa shape index (κ2) is 15.3. The van der Waals surface area contributed by atoms with Gasteiger partial charge in [-0.3, -0.25) is 0 Å². The van der Waals surface area contributed by atoms with E-state index >= 15 is 0 Å². The summed E-state index contributed by atoms with van der Waals surface area (Å²) < 4.78 is 0. The first-order chi connectivity index (χ1) is 25.0. The van der Waals surface area contributed by atoms with Gasteiger partial charge in [-0.2, -0.15) is 0 Å². The van der Waals surface area contributed by atoms with E-state index < -0.39 is 0 Å². The van der Waals surface area contributed by atoms with E-state index in [9.17, 15) is 0 Å². The van der Waals surface area contributed by atoms with E-state index in [-0.39, 0.29) is 25.5 Å². The zero-order chi connectivity index (χ0) is 34.6. The van der Waals surface area contributed by atoms with E-state index in [4.69, 9.17) is 4.98 Å². The van der Waals surface area contributed by atoms with Crippen LogP contribution in [0.3, 0.4) is 0 Å². The Bertz CT molecular complexity index is 2410. The number of rotatable bonds is 8. The van der Waals surface area contributed by atoms with E-state index in [1.54, 1.807) is 0 Å². The molecular formula is C50H38IrN-. The Balaban J connectivity index is 0.00000420. The minimum atomic E-state index is -0.0626. The van der Waals surface area contributed by atoms with Gasteiger partial charge in [0, 0.05) is 31.7 Å². The van der Waals surface area contributed by atoms with Crippen molar-refractivity contribution in [2.24, 2.45) is 0 Å². The summed E-state index contributed by atoms with van der Waals surface area (Å²) in [5, 5.41) is 0. The van der Waals surface area contributed by atoms with E-state index in [0.717, 1.165) is 33.5 Å². The third-order valence-corrected chi connectivity index (χ3v) is 9.97. The molecule has 1 nitrogen and oxygen atoms in total. The van der Waals surface area contributed by atoms with Gasteiger partial charge >= 0.3 is 0 Å². The van der Waals surface area contributed by atoms with Gasteiger partial charge in [0.05, 0.1) is 0 Å². The number of aromatic nitrogens is 1. The van der Waals surface area contributed by atoms with E-state index in [2.05, 4.69) is 196 Å². The van der Waals surface area contributed by atoms with Gasteiger partial charge in [0.2, 0.25) is 0 Å². The Hall–Kier alpha value is -5.66. The third-order valence-electron chi connectivity index (χ3n) is 9.97. The van der Waals surface area contributed by atoms with Crippen LogP contribution in [0.15, 0.2) is 194 Å². The molecule has 52 heavy (non-hydrogen) atoms. The standard InChI is InChI=1S/C50H38N.Ir/c1-50(2,47-23-7-4-8-24-47)48-28-25-37(26-29-48)38-15-9-16-39(31-38)40-17-10-18-41(32-40)42-19-11-20-43(33-42)44-21-12-22-45(34-44)49-30-27-46(35-51-49)36-13-5-3-6-14-36;/h3-21,23-35H,1-2H3;/q-1;. The molecule has 0 saturated heterocycles. The van der Waals surface area contributed by atoms with Crippen molar-refractivity contribution in [3.8, 4) is 66.9 Å². The summed E-state index contributed by atoms with van der Waals surface area (Å²) in [6, 6.07) is 70.5.